The van der Waals surface area contributed by atoms with Crippen LogP contribution in [0.2, 0.25) is 0 Å². The normalized spacial score (nSPS) is 47.7. The van der Waals surface area contributed by atoms with Crippen molar-refractivity contribution < 1.29 is 10.2 Å². The molecule has 0 heterocycles. The van der Waals surface area contributed by atoms with E-state index in [9.17, 15) is 10.2 Å². The Kier molecular flexibility index (Phi) is 3.57. The van der Waals surface area contributed by atoms with Crippen molar-refractivity contribution in [2.45, 2.75) is 71.8 Å². The summed E-state index contributed by atoms with van der Waals surface area (Å²) in [6.07, 6.45) is 6.33. The summed E-state index contributed by atoms with van der Waals surface area (Å²) in [6.45, 7) is 9.29. The molecule has 106 valence electrons. The molecular weight excluding hydrogens is 224 g/mol. The van der Waals surface area contributed by atoms with E-state index in [1.54, 1.807) is 0 Å². The molecule has 0 aromatic heterocycles. The predicted molar refractivity (Wildman–Crippen MR) is 74.3 cm³/mol. The van der Waals surface area contributed by atoms with E-state index in [4.69, 9.17) is 0 Å². The zero-order valence-electron chi connectivity index (χ0n) is 12.5. The second kappa shape index (κ2) is 4.49. The van der Waals surface area contributed by atoms with E-state index in [1.807, 2.05) is 0 Å². The van der Waals surface area contributed by atoms with Crippen LogP contribution < -0.4 is 0 Å². The Labute approximate surface area is 112 Å². The minimum absolute atomic E-state index is 0.123. The topological polar surface area (TPSA) is 40.5 Å². The molecule has 4 atom stereocenters. The van der Waals surface area contributed by atoms with Crippen LogP contribution in [0.15, 0.2) is 0 Å². The lowest BCUT2D eigenvalue weighted by Crippen LogP contribution is -2.63. The maximum absolute atomic E-state index is 11.4. The number of hydrogen-bond acceptors (Lipinski definition) is 2. The Balaban J connectivity index is 2.40. The summed E-state index contributed by atoms with van der Waals surface area (Å²) < 4.78 is 0. The molecule has 0 saturated heterocycles. The zero-order valence-corrected chi connectivity index (χ0v) is 12.5. The van der Waals surface area contributed by atoms with Gasteiger partial charge in [0.15, 0.2) is 0 Å². The van der Waals surface area contributed by atoms with Gasteiger partial charge < -0.3 is 10.2 Å². The third-order valence-corrected chi connectivity index (χ3v) is 6.49. The van der Waals surface area contributed by atoms with Crippen LogP contribution in [0.25, 0.3) is 0 Å². The van der Waals surface area contributed by atoms with E-state index >= 15 is 0 Å². The number of aliphatic hydroxyl groups is 2. The third-order valence-electron chi connectivity index (χ3n) is 6.49. The predicted octanol–water partition coefficient (Wildman–Crippen LogP) is 3.36. The molecule has 2 N–H and O–H groups in total. The molecule has 2 aliphatic rings. The summed E-state index contributed by atoms with van der Waals surface area (Å²) in [5, 5.41) is 20.9. The Bertz CT molecular complexity index is 312. The first kappa shape index (κ1) is 14.3. The summed E-state index contributed by atoms with van der Waals surface area (Å²) in [5.41, 5.74) is -0.457. The molecule has 2 saturated carbocycles. The summed E-state index contributed by atoms with van der Waals surface area (Å²) in [7, 11) is 0. The van der Waals surface area contributed by atoms with Gasteiger partial charge in [0.2, 0.25) is 0 Å². The summed E-state index contributed by atoms with van der Waals surface area (Å²) >= 11 is 0. The summed E-state index contributed by atoms with van der Waals surface area (Å²) in [6, 6.07) is 0. The maximum Gasteiger partial charge on any atom is 0.0737 e. The van der Waals surface area contributed by atoms with Crippen LogP contribution in [0, 0.1) is 22.7 Å². The van der Waals surface area contributed by atoms with Crippen molar-refractivity contribution in [2.75, 3.05) is 6.61 Å². The fraction of sp³-hybridized carbons (Fsp3) is 1.00. The van der Waals surface area contributed by atoms with Crippen LogP contribution in [0.5, 0.6) is 0 Å². The highest BCUT2D eigenvalue weighted by molar-refractivity contribution is 5.11. The van der Waals surface area contributed by atoms with Crippen LogP contribution in [-0.4, -0.2) is 22.4 Å². The molecule has 0 spiro atoms. The largest absolute Gasteiger partial charge is 0.396 e. The molecule has 0 aromatic carbocycles. The second-order valence-electron chi connectivity index (χ2n) is 7.69. The van der Waals surface area contributed by atoms with Gasteiger partial charge in [-0.15, -0.1) is 0 Å². The lowest BCUT2D eigenvalue weighted by Gasteiger charge is -2.62. The van der Waals surface area contributed by atoms with Crippen molar-refractivity contribution in [1.29, 1.82) is 0 Å². The van der Waals surface area contributed by atoms with Gasteiger partial charge in [-0.25, -0.2) is 0 Å². The highest BCUT2D eigenvalue weighted by atomic mass is 16.3. The molecule has 0 aliphatic heterocycles. The SMILES string of the molecule is C[C@@H]1CC[C@H]2C(C)(C)CCC[C@@]2(O)[C@]1(C)CCO. The Morgan fingerprint density at radius 1 is 1.11 bits per heavy atom. The van der Waals surface area contributed by atoms with Crippen molar-refractivity contribution in [1.82, 2.24) is 0 Å². The molecule has 0 amide bonds. The maximum atomic E-state index is 11.4. The number of rotatable bonds is 2. The third kappa shape index (κ3) is 1.84. The standard InChI is InChI=1S/C16H30O2/c1-12-6-7-13-14(2,3)8-5-9-16(13,18)15(12,4)10-11-17/h12-13,17-18H,5-11H2,1-4H3/t12-,13+,15-,16+/m1/s1. The minimum Gasteiger partial charge on any atom is -0.396 e. The average molecular weight is 254 g/mol. The molecule has 2 nitrogen and oxygen atoms in total. The lowest BCUT2D eigenvalue weighted by atomic mass is 9.45. The summed E-state index contributed by atoms with van der Waals surface area (Å²) in [5.74, 6) is 0.895. The van der Waals surface area contributed by atoms with Crippen LogP contribution >= 0.6 is 0 Å². The van der Waals surface area contributed by atoms with Crippen molar-refractivity contribution in [2.24, 2.45) is 22.7 Å². The molecule has 0 bridgehead atoms. The van der Waals surface area contributed by atoms with Crippen molar-refractivity contribution >= 4 is 0 Å². The van der Waals surface area contributed by atoms with E-state index in [2.05, 4.69) is 27.7 Å². The van der Waals surface area contributed by atoms with E-state index in [0.717, 1.165) is 25.7 Å². The number of aliphatic hydroxyl groups excluding tert-OH is 1. The number of fused-ring (bicyclic) bond motifs is 1. The van der Waals surface area contributed by atoms with Gasteiger partial charge in [0.05, 0.1) is 5.60 Å². The van der Waals surface area contributed by atoms with E-state index in [-0.39, 0.29) is 17.4 Å². The first-order valence-electron chi connectivity index (χ1n) is 7.61. The number of hydrogen-bond donors (Lipinski definition) is 2. The average Bonchev–Trinajstić information content (AvgIpc) is 2.25. The van der Waals surface area contributed by atoms with Gasteiger partial charge in [-0.3, -0.25) is 0 Å². The molecule has 0 unspecified atom stereocenters. The Morgan fingerprint density at radius 2 is 1.78 bits per heavy atom. The molecule has 2 fully saturated rings. The van der Waals surface area contributed by atoms with E-state index < -0.39 is 5.60 Å². The van der Waals surface area contributed by atoms with Gasteiger partial charge in [-0.2, -0.15) is 0 Å². The van der Waals surface area contributed by atoms with Gasteiger partial charge >= 0.3 is 0 Å². The molecule has 2 rings (SSSR count). The van der Waals surface area contributed by atoms with E-state index in [0.29, 0.717) is 11.8 Å². The molecule has 2 aliphatic carbocycles. The van der Waals surface area contributed by atoms with Gasteiger partial charge in [-0.05, 0) is 49.4 Å². The van der Waals surface area contributed by atoms with Crippen molar-refractivity contribution in [3.63, 3.8) is 0 Å². The van der Waals surface area contributed by atoms with Crippen molar-refractivity contribution in [3.05, 3.63) is 0 Å². The van der Waals surface area contributed by atoms with Crippen LogP contribution in [0.4, 0.5) is 0 Å². The minimum atomic E-state index is -0.574. The molecule has 18 heavy (non-hydrogen) atoms. The van der Waals surface area contributed by atoms with E-state index in [1.165, 1.54) is 12.8 Å². The van der Waals surface area contributed by atoms with Gasteiger partial charge in [0, 0.05) is 12.0 Å². The summed E-state index contributed by atoms with van der Waals surface area (Å²) in [4.78, 5) is 0. The zero-order chi connectivity index (χ0) is 13.6. The second-order valence-corrected chi connectivity index (χ2v) is 7.69. The molecule has 2 heteroatoms. The first-order chi connectivity index (χ1) is 8.28. The highest BCUT2D eigenvalue weighted by Gasteiger charge is 2.61. The smallest absolute Gasteiger partial charge is 0.0737 e. The lowest BCUT2D eigenvalue weighted by molar-refractivity contribution is -0.222. The Morgan fingerprint density at radius 3 is 2.39 bits per heavy atom. The monoisotopic (exact) mass is 254 g/mol. The Hall–Kier alpha value is -0.0800. The van der Waals surface area contributed by atoms with Crippen LogP contribution in [0.1, 0.15) is 66.2 Å². The first-order valence-corrected chi connectivity index (χ1v) is 7.61. The van der Waals surface area contributed by atoms with Gasteiger partial charge in [0.25, 0.3) is 0 Å². The fourth-order valence-corrected chi connectivity index (χ4v) is 4.98. The fourth-order valence-electron chi connectivity index (χ4n) is 4.98. The molecular formula is C16H30O2. The van der Waals surface area contributed by atoms with Crippen molar-refractivity contribution in [3.8, 4) is 0 Å². The molecule has 0 aromatic rings. The quantitative estimate of drug-likeness (QED) is 0.793. The molecule has 0 radical (unpaired) electrons. The highest BCUT2D eigenvalue weighted by Crippen LogP contribution is 2.62. The van der Waals surface area contributed by atoms with Gasteiger partial charge in [0.1, 0.15) is 0 Å². The van der Waals surface area contributed by atoms with Crippen LogP contribution in [-0.2, 0) is 0 Å². The van der Waals surface area contributed by atoms with Gasteiger partial charge in [-0.1, -0.05) is 34.1 Å². The van der Waals surface area contributed by atoms with Crippen LogP contribution in [0.3, 0.4) is 0 Å².